The predicted molar refractivity (Wildman–Crippen MR) is 37.2 cm³/mol. The normalized spacial score (nSPS) is 36.7. The van der Waals surface area contributed by atoms with E-state index in [-0.39, 0.29) is 0 Å². The van der Waals surface area contributed by atoms with Gasteiger partial charge in [-0.25, -0.2) is 0 Å². The molecule has 2 aliphatic heterocycles. The van der Waals surface area contributed by atoms with Crippen molar-refractivity contribution in [2.24, 2.45) is 0 Å². The maximum absolute atomic E-state index is 3.38. The van der Waals surface area contributed by atoms with Gasteiger partial charge in [0.05, 0.1) is 0 Å². The molecule has 0 aliphatic carbocycles. The van der Waals surface area contributed by atoms with Crippen LogP contribution in [0.15, 0.2) is 0 Å². The standard InChI is InChI=1S/C7H14N2/c1-2-7-3-4-8-6-9(7)5-1/h7-8H,1-6H2/t7-/m1/s1. The molecule has 1 N–H and O–H groups in total. The quantitative estimate of drug-likeness (QED) is 0.505. The third kappa shape index (κ3) is 0.970. The predicted octanol–water partition coefficient (Wildman–Crippen LogP) is 0.402. The van der Waals surface area contributed by atoms with Crippen LogP contribution in [0.1, 0.15) is 19.3 Å². The van der Waals surface area contributed by atoms with Gasteiger partial charge in [0.1, 0.15) is 0 Å². The third-order valence-corrected chi connectivity index (χ3v) is 2.47. The lowest BCUT2D eigenvalue weighted by Crippen LogP contribution is -2.44. The summed E-state index contributed by atoms with van der Waals surface area (Å²) >= 11 is 0. The summed E-state index contributed by atoms with van der Waals surface area (Å²) in [5.41, 5.74) is 0. The van der Waals surface area contributed by atoms with Crippen LogP contribution in [0.2, 0.25) is 0 Å². The molecule has 2 heteroatoms. The molecule has 0 aromatic rings. The van der Waals surface area contributed by atoms with Gasteiger partial charge in [-0.3, -0.25) is 4.90 Å². The van der Waals surface area contributed by atoms with Crippen LogP contribution in [-0.4, -0.2) is 30.7 Å². The number of nitrogens with zero attached hydrogens (tertiary/aromatic N) is 1. The van der Waals surface area contributed by atoms with E-state index in [9.17, 15) is 0 Å². The van der Waals surface area contributed by atoms with Crippen molar-refractivity contribution in [2.45, 2.75) is 25.3 Å². The van der Waals surface area contributed by atoms with Crippen molar-refractivity contribution in [3.63, 3.8) is 0 Å². The van der Waals surface area contributed by atoms with Gasteiger partial charge in [0.15, 0.2) is 0 Å². The molecular weight excluding hydrogens is 112 g/mol. The lowest BCUT2D eigenvalue weighted by atomic mass is 10.1. The molecule has 2 fully saturated rings. The maximum atomic E-state index is 3.38. The van der Waals surface area contributed by atoms with Crippen LogP contribution in [0.25, 0.3) is 0 Å². The van der Waals surface area contributed by atoms with Gasteiger partial charge in [0, 0.05) is 12.7 Å². The second-order valence-electron chi connectivity index (χ2n) is 3.06. The van der Waals surface area contributed by atoms with Crippen molar-refractivity contribution in [2.75, 3.05) is 19.8 Å². The number of rotatable bonds is 0. The van der Waals surface area contributed by atoms with Crippen molar-refractivity contribution in [1.29, 1.82) is 0 Å². The fourth-order valence-corrected chi connectivity index (χ4v) is 1.92. The van der Waals surface area contributed by atoms with Gasteiger partial charge in [-0.1, -0.05) is 0 Å². The van der Waals surface area contributed by atoms with Crippen LogP contribution in [0.5, 0.6) is 0 Å². The van der Waals surface area contributed by atoms with Gasteiger partial charge in [-0.15, -0.1) is 0 Å². The zero-order valence-corrected chi connectivity index (χ0v) is 5.77. The smallest absolute Gasteiger partial charge is 0.0483 e. The molecule has 0 bridgehead atoms. The molecule has 9 heavy (non-hydrogen) atoms. The van der Waals surface area contributed by atoms with E-state index in [2.05, 4.69) is 10.2 Å². The van der Waals surface area contributed by atoms with Crippen molar-refractivity contribution in [1.82, 2.24) is 10.2 Å². The average Bonchev–Trinajstić information content (AvgIpc) is 2.33. The Labute approximate surface area is 56.2 Å². The zero-order chi connectivity index (χ0) is 6.10. The Bertz CT molecular complexity index is 91.1. The van der Waals surface area contributed by atoms with E-state index >= 15 is 0 Å². The second kappa shape index (κ2) is 2.27. The molecule has 0 unspecified atom stereocenters. The van der Waals surface area contributed by atoms with Gasteiger partial charge in [-0.2, -0.15) is 0 Å². The van der Waals surface area contributed by atoms with Gasteiger partial charge < -0.3 is 5.32 Å². The minimum atomic E-state index is 0.936. The molecule has 0 amide bonds. The van der Waals surface area contributed by atoms with E-state index < -0.39 is 0 Å². The highest BCUT2D eigenvalue weighted by molar-refractivity contribution is 4.81. The SMILES string of the molecule is C1C[C@@H]2CCNCN2C1. The van der Waals surface area contributed by atoms with Crippen LogP contribution in [0.3, 0.4) is 0 Å². The van der Waals surface area contributed by atoms with E-state index in [0.29, 0.717) is 0 Å². The molecule has 2 heterocycles. The first kappa shape index (κ1) is 5.69. The highest BCUT2D eigenvalue weighted by Crippen LogP contribution is 2.20. The van der Waals surface area contributed by atoms with Gasteiger partial charge >= 0.3 is 0 Å². The molecule has 2 saturated heterocycles. The molecular formula is C7H14N2. The minimum absolute atomic E-state index is 0.936. The van der Waals surface area contributed by atoms with Gasteiger partial charge in [-0.05, 0) is 32.4 Å². The third-order valence-electron chi connectivity index (χ3n) is 2.47. The molecule has 2 rings (SSSR count). The largest absolute Gasteiger partial charge is 0.304 e. The number of hydrogen-bond donors (Lipinski definition) is 1. The van der Waals surface area contributed by atoms with Crippen molar-refractivity contribution >= 4 is 0 Å². The molecule has 0 aromatic carbocycles. The van der Waals surface area contributed by atoms with Crippen molar-refractivity contribution < 1.29 is 0 Å². The van der Waals surface area contributed by atoms with E-state index in [1.54, 1.807) is 0 Å². The van der Waals surface area contributed by atoms with Crippen LogP contribution in [0.4, 0.5) is 0 Å². The summed E-state index contributed by atoms with van der Waals surface area (Å²) in [6.07, 6.45) is 4.24. The summed E-state index contributed by atoms with van der Waals surface area (Å²) in [6, 6.07) is 0.936. The Balaban J connectivity index is 1.97. The van der Waals surface area contributed by atoms with Crippen molar-refractivity contribution in [3.05, 3.63) is 0 Å². The van der Waals surface area contributed by atoms with Crippen LogP contribution in [-0.2, 0) is 0 Å². The van der Waals surface area contributed by atoms with E-state index in [4.69, 9.17) is 0 Å². The Hall–Kier alpha value is -0.0800. The summed E-state index contributed by atoms with van der Waals surface area (Å²) < 4.78 is 0. The average molecular weight is 126 g/mol. The highest BCUT2D eigenvalue weighted by atomic mass is 15.3. The van der Waals surface area contributed by atoms with E-state index in [0.717, 1.165) is 12.7 Å². The lowest BCUT2D eigenvalue weighted by Gasteiger charge is -2.29. The van der Waals surface area contributed by atoms with Gasteiger partial charge in [0.25, 0.3) is 0 Å². The Morgan fingerprint density at radius 2 is 2.33 bits per heavy atom. The first-order valence-electron chi connectivity index (χ1n) is 3.91. The molecule has 2 nitrogen and oxygen atoms in total. The summed E-state index contributed by atoms with van der Waals surface area (Å²) in [6.45, 7) is 3.71. The Morgan fingerprint density at radius 1 is 1.33 bits per heavy atom. The van der Waals surface area contributed by atoms with Crippen LogP contribution in [0, 0.1) is 0 Å². The van der Waals surface area contributed by atoms with Crippen molar-refractivity contribution in [3.8, 4) is 0 Å². The topological polar surface area (TPSA) is 15.3 Å². The summed E-state index contributed by atoms with van der Waals surface area (Å²) in [5.74, 6) is 0. The summed E-state index contributed by atoms with van der Waals surface area (Å²) in [7, 11) is 0. The number of nitrogens with one attached hydrogen (secondary N) is 1. The molecule has 0 aromatic heterocycles. The highest BCUT2D eigenvalue weighted by Gasteiger charge is 2.25. The van der Waals surface area contributed by atoms with Crippen LogP contribution >= 0.6 is 0 Å². The number of fused-ring (bicyclic) bond motifs is 1. The molecule has 1 atom stereocenters. The Kier molecular flexibility index (Phi) is 1.44. The molecule has 0 saturated carbocycles. The first-order valence-corrected chi connectivity index (χ1v) is 3.91. The van der Waals surface area contributed by atoms with E-state index in [1.807, 2.05) is 0 Å². The fourth-order valence-electron chi connectivity index (χ4n) is 1.92. The zero-order valence-electron chi connectivity index (χ0n) is 5.77. The second-order valence-corrected chi connectivity index (χ2v) is 3.06. The monoisotopic (exact) mass is 126 g/mol. The summed E-state index contributed by atoms with van der Waals surface area (Å²) in [4.78, 5) is 2.56. The minimum Gasteiger partial charge on any atom is -0.304 e. The van der Waals surface area contributed by atoms with Crippen LogP contribution < -0.4 is 5.32 Å². The van der Waals surface area contributed by atoms with Gasteiger partial charge in [0.2, 0.25) is 0 Å². The maximum Gasteiger partial charge on any atom is 0.0483 e. The van der Waals surface area contributed by atoms with E-state index in [1.165, 1.54) is 32.4 Å². The number of hydrogen-bond acceptors (Lipinski definition) is 2. The molecule has 2 aliphatic rings. The molecule has 0 spiro atoms. The fraction of sp³-hybridized carbons (Fsp3) is 1.00. The first-order chi connectivity index (χ1) is 4.47. The molecule has 0 radical (unpaired) electrons. The summed E-state index contributed by atoms with van der Waals surface area (Å²) in [5, 5.41) is 3.38. The molecule has 52 valence electrons. The Morgan fingerprint density at radius 3 is 3.22 bits per heavy atom. The lowest BCUT2D eigenvalue weighted by molar-refractivity contribution is 0.187.